The Kier molecular flexibility index (Phi) is 9.24. The third kappa shape index (κ3) is 5.78. The van der Waals surface area contributed by atoms with Gasteiger partial charge in [-0.15, -0.1) is 0 Å². The van der Waals surface area contributed by atoms with Gasteiger partial charge in [-0.2, -0.15) is 0 Å². The molecule has 4 fully saturated rings. The lowest BCUT2D eigenvalue weighted by atomic mass is 9.56. The molecule has 0 bridgehead atoms. The molecule has 0 N–H and O–H groups in total. The van der Waals surface area contributed by atoms with E-state index >= 15 is 0 Å². The third-order valence-corrected chi connectivity index (χ3v) is 9.66. The van der Waals surface area contributed by atoms with E-state index in [0.717, 1.165) is 47.3 Å². The number of hydrogen-bond acceptors (Lipinski definition) is 0. The molecule has 164 valence electrons. The van der Waals surface area contributed by atoms with Crippen molar-refractivity contribution < 1.29 is 0 Å². The zero-order chi connectivity index (χ0) is 19.9. The van der Waals surface area contributed by atoms with Crippen molar-refractivity contribution in [3.8, 4) is 0 Å². The lowest BCUT2D eigenvalue weighted by Gasteiger charge is -2.49. The summed E-state index contributed by atoms with van der Waals surface area (Å²) in [5.41, 5.74) is 0. The molecule has 0 saturated heterocycles. The molecular weight excluding hydrogens is 336 g/mol. The second-order valence-electron chi connectivity index (χ2n) is 11.5. The van der Waals surface area contributed by atoms with Crippen LogP contribution in [0.5, 0.6) is 0 Å². The molecule has 0 radical (unpaired) electrons. The predicted molar refractivity (Wildman–Crippen MR) is 124 cm³/mol. The van der Waals surface area contributed by atoms with Gasteiger partial charge >= 0.3 is 0 Å². The maximum atomic E-state index is 2.61. The molecule has 0 aliphatic heterocycles. The first-order valence-corrected chi connectivity index (χ1v) is 13.6. The van der Waals surface area contributed by atoms with E-state index < -0.39 is 0 Å². The summed E-state index contributed by atoms with van der Waals surface area (Å²) < 4.78 is 0. The molecule has 0 spiro atoms. The molecule has 4 saturated carbocycles. The maximum absolute atomic E-state index is 2.61. The van der Waals surface area contributed by atoms with Crippen LogP contribution in [0.3, 0.4) is 0 Å². The van der Waals surface area contributed by atoms with Crippen molar-refractivity contribution in [2.75, 3.05) is 0 Å². The first-order valence-electron chi connectivity index (χ1n) is 13.6. The average molecular weight is 389 g/mol. The summed E-state index contributed by atoms with van der Waals surface area (Å²) in [5, 5.41) is 0. The number of hydrogen-bond donors (Lipinski definition) is 0. The zero-order valence-corrected chi connectivity index (χ0v) is 19.9. The largest absolute Gasteiger partial charge is 0.0654 e. The van der Waals surface area contributed by atoms with E-state index in [1.807, 2.05) is 0 Å². The Balaban J connectivity index is 0.000000320. The summed E-state index contributed by atoms with van der Waals surface area (Å²) in [6.45, 7) is 9.74. The van der Waals surface area contributed by atoms with Gasteiger partial charge in [-0.05, 0) is 79.4 Å². The Morgan fingerprint density at radius 3 is 2.00 bits per heavy atom. The highest BCUT2D eigenvalue weighted by Crippen LogP contribution is 2.56. The molecule has 4 aliphatic carbocycles. The third-order valence-electron chi connectivity index (χ3n) is 9.66. The van der Waals surface area contributed by atoms with Crippen molar-refractivity contribution in [1.29, 1.82) is 0 Å². The average Bonchev–Trinajstić information content (AvgIpc) is 3.37. The minimum absolute atomic E-state index is 1.01. The smallest absolute Gasteiger partial charge is 0.0324 e. The van der Waals surface area contributed by atoms with Gasteiger partial charge in [-0.1, -0.05) is 98.3 Å². The second-order valence-corrected chi connectivity index (χ2v) is 11.5. The second kappa shape index (κ2) is 11.4. The Labute approximate surface area is 178 Å². The number of fused-ring (bicyclic) bond motifs is 1. The lowest BCUT2D eigenvalue weighted by molar-refractivity contribution is -0.00258. The molecule has 0 heteroatoms. The fourth-order valence-electron chi connectivity index (χ4n) is 7.94. The minimum atomic E-state index is 1.01. The topological polar surface area (TPSA) is 0 Å². The Bertz CT molecular complexity index is 412. The molecule has 28 heavy (non-hydrogen) atoms. The maximum Gasteiger partial charge on any atom is -0.0324 e. The molecule has 0 aromatic carbocycles. The lowest BCUT2D eigenvalue weighted by Crippen LogP contribution is -2.42. The van der Waals surface area contributed by atoms with Crippen molar-refractivity contribution >= 4 is 0 Å². The zero-order valence-electron chi connectivity index (χ0n) is 19.9. The normalized spacial score (nSPS) is 41.4. The van der Waals surface area contributed by atoms with Crippen LogP contribution in [0.4, 0.5) is 0 Å². The Morgan fingerprint density at radius 2 is 1.43 bits per heavy atom. The van der Waals surface area contributed by atoms with E-state index in [1.54, 1.807) is 57.8 Å². The van der Waals surface area contributed by atoms with Crippen LogP contribution in [0.1, 0.15) is 130 Å². The first kappa shape index (κ1) is 22.7. The summed E-state index contributed by atoms with van der Waals surface area (Å²) in [6.07, 6.45) is 24.3. The van der Waals surface area contributed by atoms with Crippen molar-refractivity contribution in [3.63, 3.8) is 0 Å². The van der Waals surface area contributed by atoms with Crippen LogP contribution in [0.2, 0.25) is 0 Å². The fraction of sp³-hybridized carbons (Fsp3) is 1.00. The molecule has 5 unspecified atom stereocenters. The van der Waals surface area contributed by atoms with Crippen molar-refractivity contribution in [3.05, 3.63) is 0 Å². The van der Waals surface area contributed by atoms with Gasteiger partial charge in [0.1, 0.15) is 0 Å². The minimum Gasteiger partial charge on any atom is -0.0654 e. The summed E-state index contributed by atoms with van der Waals surface area (Å²) in [5.74, 6) is 8.64. The fourth-order valence-corrected chi connectivity index (χ4v) is 7.94. The molecule has 0 heterocycles. The van der Waals surface area contributed by atoms with E-state index in [1.165, 1.54) is 44.9 Å². The van der Waals surface area contributed by atoms with Crippen LogP contribution in [-0.2, 0) is 0 Å². The van der Waals surface area contributed by atoms with E-state index in [2.05, 4.69) is 27.7 Å². The Hall–Kier alpha value is 0. The highest BCUT2D eigenvalue weighted by atomic mass is 14.5. The van der Waals surface area contributed by atoms with Gasteiger partial charge in [0.15, 0.2) is 0 Å². The molecule has 0 aromatic heterocycles. The Morgan fingerprint density at radius 1 is 0.714 bits per heavy atom. The van der Waals surface area contributed by atoms with Crippen LogP contribution in [0, 0.1) is 47.3 Å². The number of unbranched alkanes of at least 4 members (excludes halogenated alkanes) is 1. The van der Waals surface area contributed by atoms with E-state index in [9.17, 15) is 0 Å². The summed E-state index contributed by atoms with van der Waals surface area (Å²) in [6, 6.07) is 0. The SMILES string of the molecule is CC1CCCC1.CCCCC1C(C)CC2CCCC2C1C1CCC(CC)CC1. The van der Waals surface area contributed by atoms with Crippen LogP contribution in [0.25, 0.3) is 0 Å². The van der Waals surface area contributed by atoms with Gasteiger partial charge in [0.05, 0.1) is 0 Å². The van der Waals surface area contributed by atoms with E-state index in [-0.39, 0.29) is 0 Å². The van der Waals surface area contributed by atoms with E-state index in [0.29, 0.717) is 0 Å². The van der Waals surface area contributed by atoms with Gasteiger partial charge in [0.25, 0.3) is 0 Å². The molecule has 4 rings (SSSR count). The number of rotatable bonds is 5. The summed E-state index contributed by atoms with van der Waals surface area (Å²) in [4.78, 5) is 0. The molecular formula is C28H52. The predicted octanol–water partition coefficient (Wildman–Crippen LogP) is 9.28. The van der Waals surface area contributed by atoms with Gasteiger partial charge in [0, 0.05) is 0 Å². The van der Waals surface area contributed by atoms with Crippen molar-refractivity contribution in [1.82, 2.24) is 0 Å². The van der Waals surface area contributed by atoms with Gasteiger partial charge in [0.2, 0.25) is 0 Å². The highest BCUT2D eigenvalue weighted by Gasteiger charge is 2.47. The monoisotopic (exact) mass is 388 g/mol. The molecule has 4 aliphatic rings. The summed E-state index contributed by atoms with van der Waals surface area (Å²) >= 11 is 0. The van der Waals surface area contributed by atoms with Gasteiger partial charge in [-0.25, -0.2) is 0 Å². The van der Waals surface area contributed by atoms with Gasteiger partial charge in [-0.3, -0.25) is 0 Å². The molecule has 0 aromatic rings. The molecule has 0 nitrogen and oxygen atoms in total. The standard InChI is InChI=1S/C22H40.C6H12/c1-4-6-9-20-16(3)15-19-8-7-10-21(19)22(20)18-13-11-17(5-2)12-14-18;1-6-4-2-3-5-6/h16-22H,4-15H2,1-3H3;6H,2-5H2,1H3. The summed E-state index contributed by atoms with van der Waals surface area (Å²) in [7, 11) is 0. The van der Waals surface area contributed by atoms with Gasteiger partial charge < -0.3 is 0 Å². The van der Waals surface area contributed by atoms with E-state index in [4.69, 9.17) is 0 Å². The molecule has 0 amide bonds. The van der Waals surface area contributed by atoms with Crippen molar-refractivity contribution in [2.24, 2.45) is 47.3 Å². The van der Waals surface area contributed by atoms with Crippen LogP contribution < -0.4 is 0 Å². The molecule has 5 atom stereocenters. The quantitative estimate of drug-likeness (QED) is 0.440. The van der Waals surface area contributed by atoms with Crippen LogP contribution >= 0.6 is 0 Å². The first-order chi connectivity index (χ1) is 13.6. The van der Waals surface area contributed by atoms with Crippen molar-refractivity contribution in [2.45, 2.75) is 130 Å². The van der Waals surface area contributed by atoms with Crippen LogP contribution in [-0.4, -0.2) is 0 Å². The van der Waals surface area contributed by atoms with Crippen LogP contribution in [0.15, 0.2) is 0 Å². The highest BCUT2D eigenvalue weighted by molar-refractivity contribution is 4.97.